The molecule has 0 saturated carbocycles. The van der Waals surface area contributed by atoms with Crippen LogP contribution in [0.4, 0.5) is 18.0 Å². The summed E-state index contributed by atoms with van der Waals surface area (Å²) in [7, 11) is -4.32. The van der Waals surface area contributed by atoms with E-state index in [9.17, 15) is 31.2 Å². The van der Waals surface area contributed by atoms with E-state index in [0.717, 1.165) is 21.3 Å². The van der Waals surface area contributed by atoms with Gasteiger partial charge in [-0.1, -0.05) is 29.8 Å². The number of amides is 1. The molecule has 2 aromatic heterocycles. The third kappa shape index (κ3) is 7.49. The SMILES string of the molecule is Cc1ccc(-c2cc(C(F)(F)F)nn2-c2ccc(S(=O)(=O)NC(=O)C3CCN(n4on4OC(C)OC(=O)OC(C)C)C3)cc2)cc1. The van der Waals surface area contributed by atoms with Gasteiger partial charge in [0.1, 0.15) is 5.02 Å². The number of carbonyl (C=O) groups excluding carboxylic acids is 2. The summed E-state index contributed by atoms with van der Waals surface area (Å²) in [5, 5.41) is 6.23. The Bertz CT molecular complexity index is 1790. The molecular formula is C28H31F3N6O8S. The van der Waals surface area contributed by atoms with Crippen molar-refractivity contribution in [2.75, 3.05) is 18.1 Å². The average Bonchev–Trinajstić information content (AvgIpc) is 3.34. The number of hydrogen-bond acceptors (Lipinski definition) is 10. The molecule has 2 unspecified atom stereocenters. The zero-order valence-electron chi connectivity index (χ0n) is 25.1. The molecule has 1 amide bonds. The van der Waals surface area contributed by atoms with E-state index < -0.39 is 46.2 Å². The molecule has 46 heavy (non-hydrogen) atoms. The molecule has 5 rings (SSSR count). The van der Waals surface area contributed by atoms with E-state index >= 15 is 0 Å². The molecule has 2 atom stereocenters. The molecule has 0 bridgehead atoms. The van der Waals surface area contributed by atoms with E-state index in [2.05, 4.69) is 9.82 Å². The molecule has 1 aliphatic heterocycles. The smallest absolute Gasteiger partial charge is 0.431 e. The predicted molar refractivity (Wildman–Crippen MR) is 154 cm³/mol. The Labute approximate surface area is 261 Å². The number of rotatable bonds is 10. The van der Waals surface area contributed by atoms with Crippen LogP contribution in [0.25, 0.3) is 16.9 Å². The minimum Gasteiger partial charge on any atom is -0.431 e. The number of sulfonamides is 1. The van der Waals surface area contributed by atoms with Crippen molar-refractivity contribution in [1.82, 2.24) is 24.5 Å². The van der Waals surface area contributed by atoms with Gasteiger partial charge < -0.3 is 14.3 Å². The summed E-state index contributed by atoms with van der Waals surface area (Å²) >= 11 is 0. The highest BCUT2D eigenvalue weighted by atomic mass is 32.2. The summed E-state index contributed by atoms with van der Waals surface area (Å²) in [6, 6.07) is 12.7. The molecule has 3 heterocycles. The molecule has 18 heteroatoms. The average molecular weight is 669 g/mol. The number of ether oxygens (including phenoxy) is 2. The molecule has 0 radical (unpaired) electrons. The van der Waals surface area contributed by atoms with Crippen molar-refractivity contribution in [3.05, 3.63) is 65.9 Å². The third-order valence-electron chi connectivity index (χ3n) is 6.84. The minimum atomic E-state index is -4.70. The fourth-order valence-corrected chi connectivity index (χ4v) is 5.61. The second-order valence-electron chi connectivity index (χ2n) is 10.8. The van der Waals surface area contributed by atoms with E-state index in [0.29, 0.717) is 18.5 Å². The predicted octanol–water partition coefficient (Wildman–Crippen LogP) is 3.86. The Balaban J connectivity index is 1.22. The number of nitrogens with one attached hydrogen (secondary N) is 1. The molecule has 1 saturated heterocycles. The molecule has 1 aliphatic rings. The van der Waals surface area contributed by atoms with E-state index in [1.54, 1.807) is 43.1 Å². The summed E-state index contributed by atoms with van der Waals surface area (Å²) < 4.78 is 84.7. The van der Waals surface area contributed by atoms with Crippen LogP contribution in [0.2, 0.25) is 0 Å². The molecule has 2 aromatic carbocycles. The number of carbonyl (C=O) groups is 2. The molecule has 1 fully saturated rings. The van der Waals surface area contributed by atoms with Crippen molar-refractivity contribution in [3.8, 4) is 16.9 Å². The quantitative estimate of drug-likeness (QED) is 0.195. The van der Waals surface area contributed by atoms with Gasteiger partial charge in [-0.3, -0.25) is 9.80 Å². The lowest BCUT2D eigenvalue weighted by atomic mass is 10.1. The topological polar surface area (TPSA) is 152 Å². The Morgan fingerprint density at radius 1 is 1.04 bits per heavy atom. The van der Waals surface area contributed by atoms with Gasteiger partial charge in [-0.2, -0.15) is 22.9 Å². The fourth-order valence-electron chi connectivity index (χ4n) is 4.56. The fraction of sp³-hybridized carbons (Fsp3) is 0.393. The summed E-state index contributed by atoms with van der Waals surface area (Å²) in [6.45, 7) is 7.02. The van der Waals surface area contributed by atoms with Gasteiger partial charge in [-0.25, -0.2) is 22.6 Å². The van der Waals surface area contributed by atoms with E-state index in [1.807, 2.05) is 6.92 Å². The number of hydrogen-bond donors (Lipinski definition) is 1. The number of halogens is 3. The van der Waals surface area contributed by atoms with Crippen molar-refractivity contribution >= 4 is 22.1 Å². The zero-order chi connectivity index (χ0) is 33.4. The van der Waals surface area contributed by atoms with Crippen molar-refractivity contribution in [1.29, 1.82) is 0 Å². The number of aryl methyl sites for hydroxylation is 1. The maximum atomic E-state index is 13.5. The van der Waals surface area contributed by atoms with Crippen molar-refractivity contribution < 1.29 is 50.1 Å². The van der Waals surface area contributed by atoms with E-state index in [4.69, 9.17) is 18.9 Å². The van der Waals surface area contributed by atoms with Crippen LogP contribution >= 0.6 is 0 Å². The first-order chi connectivity index (χ1) is 21.6. The molecule has 1 N–H and O–H groups in total. The molecule has 14 nitrogen and oxygen atoms in total. The first-order valence-electron chi connectivity index (χ1n) is 14.1. The summed E-state index contributed by atoms with van der Waals surface area (Å²) in [4.78, 5) is 30.7. The monoisotopic (exact) mass is 668 g/mol. The summed E-state index contributed by atoms with van der Waals surface area (Å²) in [5.74, 6) is -1.48. The first-order valence-corrected chi connectivity index (χ1v) is 15.6. The summed E-state index contributed by atoms with van der Waals surface area (Å²) in [6.07, 6.45) is -6.75. The van der Waals surface area contributed by atoms with Crippen LogP contribution in [0.5, 0.6) is 0 Å². The second kappa shape index (κ2) is 12.5. The van der Waals surface area contributed by atoms with Crippen LogP contribution in [0.15, 0.2) is 64.1 Å². The molecular weight excluding hydrogens is 637 g/mol. The lowest BCUT2D eigenvalue weighted by Crippen LogP contribution is -2.38. The van der Waals surface area contributed by atoms with Crippen LogP contribution in [0.1, 0.15) is 38.4 Å². The van der Waals surface area contributed by atoms with Crippen LogP contribution < -0.4 is 14.6 Å². The van der Waals surface area contributed by atoms with Gasteiger partial charge >= 0.3 is 12.3 Å². The first kappa shape index (κ1) is 32.5. The van der Waals surface area contributed by atoms with Gasteiger partial charge in [-0.15, -0.1) is 0 Å². The van der Waals surface area contributed by atoms with Crippen LogP contribution in [-0.4, -0.2) is 65.7 Å². The van der Waals surface area contributed by atoms with E-state index in [1.165, 1.54) is 36.2 Å². The van der Waals surface area contributed by atoms with Gasteiger partial charge in [0.2, 0.25) is 5.91 Å². The van der Waals surface area contributed by atoms with Crippen LogP contribution in [-0.2, 0) is 30.5 Å². The zero-order valence-corrected chi connectivity index (χ0v) is 25.9. The number of aromatic nitrogens is 4. The number of alkyl halides is 3. The van der Waals surface area contributed by atoms with Crippen molar-refractivity contribution in [3.63, 3.8) is 0 Å². The molecule has 0 spiro atoms. The summed E-state index contributed by atoms with van der Waals surface area (Å²) in [5.41, 5.74) is 0.653. The van der Waals surface area contributed by atoms with E-state index in [-0.39, 0.29) is 28.9 Å². The maximum Gasteiger partial charge on any atom is 0.511 e. The van der Waals surface area contributed by atoms with Crippen molar-refractivity contribution in [2.24, 2.45) is 5.92 Å². The number of benzene rings is 2. The molecule has 4 aromatic rings. The molecule has 0 aliphatic carbocycles. The van der Waals surface area contributed by atoms with Gasteiger partial charge in [0.25, 0.3) is 16.3 Å². The highest BCUT2D eigenvalue weighted by molar-refractivity contribution is 7.90. The lowest BCUT2D eigenvalue weighted by molar-refractivity contribution is -0.141. The van der Waals surface area contributed by atoms with Crippen LogP contribution in [0.3, 0.4) is 0 Å². The highest BCUT2D eigenvalue weighted by Crippen LogP contribution is 2.33. The van der Waals surface area contributed by atoms with Gasteiger partial charge in [0, 0.05) is 24.0 Å². The second-order valence-corrected chi connectivity index (χ2v) is 12.5. The third-order valence-corrected chi connectivity index (χ3v) is 8.21. The Hall–Kier alpha value is -4.87. The Morgan fingerprint density at radius 2 is 1.72 bits per heavy atom. The Kier molecular flexibility index (Phi) is 8.83. The molecule has 248 valence electrons. The largest absolute Gasteiger partial charge is 0.511 e. The van der Waals surface area contributed by atoms with Gasteiger partial charge in [0.15, 0.2) is 5.69 Å². The maximum absolute atomic E-state index is 13.5. The normalized spacial score (nSPS) is 16.1. The van der Waals surface area contributed by atoms with Crippen molar-refractivity contribution in [2.45, 2.75) is 57.6 Å². The van der Waals surface area contributed by atoms with Gasteiger partial charge in [0.05, 0.1) is 34.8 Å². The minimum absolute atomic E-state index is 0.0907. The lowest BCUT2D eigenvalue weighted by Gasteiger charge is -2.14. The standard InChI is InChI=1S/C28H31F3N6O8S/c1-17(2)42-27(39)43-19(4)44-37-36(45-37)34-14-13-21(16-34)26(38)33-46(40,41)23-11-9-22(10-12-23)35-24(15-25(32-35)28(29,30)31)20-7-5-18(3)6-8-20/h5-12,15,17,19,21H,13-14,16H2,1-4H3,(H,33,38). The van der Waals surface area contributed by atoms with Crippen LogP contribution in [0, 0.1) is 12.8 Å². The van der Waals surface area contributed by atoms with Gasteiger partial charge in [-0.05, 0) is 57.5 Å². The highest BCUT2D eigenvalue weighted by Gasteiger charge is 2.37. The Morgan fingerprint density at radius 3 is 2.35 bits per heavy atom. The number of nitrogens with zero attached hydrogens (tertiary/aromatic N) is 5.